The van der Waals surface area contributed by atoms with Gasteiger partial charge in [0.15, 0.2) is 0 Å². The van der Waals surface area contributed by atoms with Gasteiger partial charge in [0.05, 0.1) is 28.7 Å². The Kier molecular flexibility index (Phi) is 3.20. The first-order chi connectivity index (χ1) is 9.70. The van der Waals surface area contributed by atoms with Crippen molar-refractivity contribution in [2.45, 2.75) is 0 Å². The highest BCUT2D eigenvalue weighted by Crippen LogP contribution is 2.35. The van der Waals surface area contributed by atoms with Crippen molar-refractivity contribution in [1.29, 1.82) is 0 Å². The third-order valence-corrected chi connectivity index (χ3v) is 4.13. The van der Waals surface area contributed by atoms with E-state index in [1.54, 1.807) is 18.4 Å². The number of nitrogens with two attached hydrogens (primary N) is 1. The quantitative estimate of drug-likeness (QED) is 0.746. The monoisotopic (exact) mass is 285 g/mol. The first-order valence-corrected chi connectivity index (χ1v) is 7.08. The Balaban J connectivity index is 2.02. The maximum absolute atomic E-state index is 6.24. The minimum atomic E-state index is 0.710. The third kappa shape index (κ3) is 2.06. The van der Waals surface area contributed by atoms with Crippen LogP contribution in [0.2, 0.25) is 0 Å². The third-order valence-electron chi connectivity index (χ3n) is 3.34. The van der Waals surface area contributed by atoms with Crippen molar-refractivity contribution >= 4 is 38.6 Å². The lowest BCUT2D eigenvalue weighted by Gasteiger charge is -2.21. The minimum absolute atomic E-state index is 0.710. The average molecular weight is 285 g/mol. The van der Waals surface area contributed by atoms with E-state index in [1.165, 1.54) is 0 Å². The second kappa shape index (κ2) is 5.02. The van der Waals surface area contributed by atoms with Gasteiger partial charge in [0.2, 0.25) is 0 Å². The molecule has 1 aromatic heterocycles. The molecule has 0 saturated carbocycles. The number of fused-ring (bicyclic) bond motifs is 1. The molecule has 102 valence electrons. The standard InChI is InChI=1S/C15H15N3OS/c1-18(10-3-5-11(19-2)6-4-10)12-7-8-13-15(14(12)16)17-9-20-13/h3-9H,16H2,1-2H3. The van der Waals surface area contributed by atoms with E-state index in [2.05, 4.69) is 11.1 Å². The molecule has 0 aliphatic rings. The highest BCUT2D eigenvalue weighted by Gasteiger charge is 2.12. The van der Waals surface area contributed by atoms with Gasteiger partial charge in [-0.3, -0.25) is 0 Å². The Morgan fingerprint density at radius 1 is 1.15 bits per heavy atom. The summed E-state index contributed by atoms with van der Waals surface area (Å²) in [5.41, 5.74) is 11.6. The van der Waals surface area contributed by atoms with Crippen LogP contribution in [-0.2, 0) is 0 Å². The summed E-state index contributed by atoms with van der Waals surface area (Å²) < 4.78 is 6.28. The van der Waals surface area contributed by atoms with E-state index < -0.39 is 0 Å². The molecule has 4 nitrogen and oxygen atoms in total. The number of ether oxygens (including phenoxy) is 1. The average Bonchev–Trinajstić information content (AvgIpc) is 2.96. The number of benzene rings is 2. The molecule has 0 atom stereocenters. The smallest absolute Gasteiger partial charge is 0.119 e. The first kappa shape index (κ1) is 12.7. The molecule has 2 aromatic carbocycles. The number of rotatable bonds is 3. The summed E-state index contributed by atoms with van der Waals surface area (Å²) in [6, 6.07) is 12.0. The zero-order valence-corrected chi connectivity index (χ0v) is 12.1. The van der Waals surface area contributed by atoms with Crippen molar-refractivity contribution in [3.8, 4) is 5.75 Å². The Bertz CT molecular complexity index is 736. The summed E-state index contributed by atoms with van der Waals surface area (Å²) in [5, 5.41) is 0. The summed E-state index contributed by atoms with van der Waals surface area (Å²) >= 11 is 1.60. The van der Waals surface area contributed by atoms with Crippen LogP contribution in [0.3, 0.4) is 0 Å². The van der Waals surface area contributed by atoms with Crippen LogP contribution < -0.4 is 15.4 Å². The van der Waals surface area contributed by atoms with Gasteiger partial charge in [-0.15, -0.1) is 11.3 Å². The fraction of sp³-hybridized carbons (Fsp3) is 0.133. The Morgan fingerprint density at radius 3 is 2.60 bits per heavy atom. The molecule has 3 aromatic rings. The van der Waals surface area contributed by atoms with E-state index in [4.69, 9.17) is 10.5 Å². The molecule has 0 amide bonds. The molecule has 2 N–H and O–H groups in total. The van der Waals surface area contributed by atoms with E-state index in [0.29, 0.717) is 5.69 Å². The number of methoxy groups -OCH3 is 1. The highest BCUT2D eigenvalue weighted by atomic mass is 32.1. The van der Waals surface area contributed by atoms with Crippen molar-refractivity contribution < 1.29 is 4.74 Å². The predicted octanol–water partition coefficient (Wildman–Crippen LogP) is 3.66. The van der Waals surface area contributed by atoms with Crippen molar-refractivity contribution in [2.24, 2.45) is 0 Å². The van der Waals surface area contributed by atoms with Crippen LogP contribution in [0.15, 0.2) is 41.9 Å². The molecule has 0 fully saturated rings. The fourth-order valence-electron chi connectivity index (χ4n) is 2.18. The van der Waals surface area contributed by atoms with Gasteiger partial charge >= 0.3 is 0 Å². The molecule has 0 spiro atoms. The van der Waals surface area contributed by atoms with Crippen LogP contribution in [0.25, 0.3) is 10.2 Å². The summed E-state index contributed by atoms with van der Waals surface area (Å²) in [4.78, 5) is 6.38. The van der Waals surface area contributed by atoms with Crippen LogP contribution in [0.5, 0.6) is 5.75 Å². The molecule has 1 heterocycles. The van der Waals surface area contributed by atoms with Crippen LogP contribution in [0.1, 0.15) is 0 Å². The fourth-order valence-corrected chi connectivity index (χ4v) is 2.87. The Labute approximate surface area is 121 Å². The maximum atomic E-state index is 6.24. The van der Waals surface area contributed by atoms with E-state index in [9.17, 15) is 0 Å². The summed E-state index contributed by atoms with van der Waals surface area (Å²) in [6.07, 6.45) is 0. The van der Waals surface area contributed by atoms with Gasteiger partial charge in [-0.1, -0.05) is 0 Å². The van der Waals surface area contributed by atoms with E-state index >= 15 is 0 Å². The zero-order chi connectivity index (χ0) is 14.1. The van der Waals surface area contributed by atoms with Gasteiger partial charge in [-0.25, -0.2) is 4.98 Å². The second-order valence-corrected chi connectivity index (χ2v) is 5.34. The highest BCUT2D eigenvalue weighted by molar-refractivity contribution is 7.16. The van der Waals surface area contributed by atoms with Crippen molar-refractivity contribution in [1.82, 2.24) is 4.98 Å². The Morgan fingerprint density at radius 2 is 1.90 bits per heavy atom. The molecule has 0 radical (unpaired) electrons. The normalized spacial score (nSPS) is 10.7. The van der Waals surface area contributed by atoms with Crippen molar-refractivity contribution in [2.75, 3.05) is 24.8 Å². The van der Waals surface area contributed by atoms with Gasteiger partial charge in [-0.05, 0) is 36.4 Å². The molecule has 0 aliphatic carbocycles. The number of nitrogens with zero attached hydrogens (tertiary/aromatic N) is 2. The van der Waals surface area contributed by atoms with Gasteiger partial charge in [0, 0.05) is 12.7 Å². The Hall–Kier alpha value is -2.27. The number of anilines is 3. The largest absolute Gasteiger partial charge is 0.497 e. The first-order valence-electron chi connectivity index (χ1n) is 6.20. The minimum Gasteiger partial charge on any atom is -0.497 e. The lowest BCUT2D eigenvalue weighted by atomic mass is 10.2. The molecular formula is C15H15N3OS. The molecule has 0 bridgehead atoms. The van der Waals surface area contributed by atoms with Crippen molar-refractivity contribution in [3.63, 3.8) is 0 Å². The molecular weight excluding hydrogens is 270 g/mol. The summed E-state index contributed by atoms with van der Waals surface area (Å²) in [6.45, 7) is 0. The molecule has 0 unspecified atom stereocenters. The van der Waals surface area contributed by atoms with E-state index in [-0.39, 0.29) is 0 Å². The topological polar surface area (TPSA) is 51.4 Å². The SMILES string of the molecule is COc1ccc(N(C)c2ccc3scnc3c2N)cc1. The van der Waals surface area contributed by atoms with Gasteiger partial charge < -0.3 is 15.4 Å². The number of hydrogen-bond donors (Lipinski definition) is 1. The number of thiazole rings is 1. The molecule has 20 heavy (non-hydrogen) atoms. The summed E-state index contributed by atoms with van der Waals surface area (Å²) in [5.74, 6) is 0.838. The predicted molar refractivity (Wildman–Crippen MR) is 85.1 cm³/mol. The molecule has 0 saturated heterocycles. The number of nitrogen functional groups attached to an aromatic ring is 1. The number of hydrogen-bond acceptors (Lipinski definition) is 5. The van der Waals surface area contributed by atoms with E-state index in [0.717, 1.165) is 27.3 Å². The van der Waals surface area contributed by atoms with Gasteiger partial charge in [0.25, 0.3) is 0 Å². The zero-order valence-electron chi connectivity index (χ0n) is 11.3. The second-order valence-electron chi connectivity index (χ2n) is 4.45. The summed E-state index contributed by atoms with van der Waals surface area (Å²) in [7, 11) is 3.65. The van der Waals surface area contributed by atoms with Crippen LogP contribution >= 0.6 is 11.3 Å². The van der Waals surface area contributed by atoms with Crippen LogP contribution in [0, 0.1) is 0 Å². The van der Waals surface area contributed by atoms with Gasteiger partial charge in [0.1, 0.15) is 11.3 Å². The maximum Gasteiger partial charge on any atom is 0.119 e. The lowest BCUT2D eigenvalue weighted by Crippen LogP contribution is -2.11. The van der Waals surface area contributed by atoms with Gasteiger partial charge in [-0.2, -0.15) is 0 Å². The number of aromatic nitrogens is 1. The van der Waals surface area contributed by atoms with Crippen LogP contribution in [-0.4, -0.2) is 19.1 Å². The molecule has 5 heteroatoms. The van der Waals surface area contributed by atoms with Crippen molar-refractivity contribution in [3.05, 3.63) is 41.9 Å². The molecule has 3 rings (SSSR count). The van der Waals surface area contributed by atoms with Crippen LogP contribution in [0.4, 0.5) is 17.1 Å². The molecule has 0 aliphatic heterocycles. The lowest BCUT2D eigenvalue weighted by molar-refractivity contribution is 0.415. The van der Waals surface area contributed by atoms with E-state index in [1.807, 2.05) is 47.8 Å².